The average Bonchev–Trinajstić information content (AvgIpc) is 2.80. The molecule has 0 amide bonds. The van der Waals surface area contributed by atoms with Gasteiger partial charge in [0.25, 0.3) is 0 Å². The van der Waals surface area contributed by atoms with Gasteiger partial charge in [0.2, 0.25) is 0 Å². The van der Waals surface area contributed by atoms with Crippen LogP contribution in [0.4, 0.5) is 0 Å². The molecule has 0 heterocycles. The molecule has 0 fully saturated rings. The quantitative estimate of drug-likeness (QED) is 0.508. The number of rotatable bonds is 3. The zero-order valence-corrected chi connectivity index (χ0v) is 12.6. The third kappa shape index (κ3) is 4.12. The van der Waals surface area contributed by atoms with E-state index in [2.05, 4.69) is 37.1 Å². The molecule has 0 saturated heterocycles. The van der Waals surface area contributed by atoms with Gasteiger partial charge in [-0.2, -0.15) is 0 Å². The molecule has 0 aromatic heterocycles. The molecule has 0 unspecified atom stereocenters. The fraction of sp³-hybridized carbons (Fsp3) is 0.286. The van der Waals surface area contributed by atoms with Crippen LogP contribution in [-0.4, -0.2) is 0 Å². The number of hydrogen-bond acceptors (Lipinski definition) is 0. The minimum absolute atomic E-state index is 0. The second-order valence-electron chi connectivity index (χ2n) is 3.82. The molecule has 0 aromatic carbocycles. The molecule has 2 aliphatic rings. The minimum atomic E-state index is 0. The first kappa shape index (κ1) is 16.7. The van der Waals surface area contributed by atoms with E-state index in [0.29, 0.717) is 0 Å². The fourth-order valence-corrected chi connectivity index (χ4v) is 3.77. The Balaban J connectivity index is 0.00000128. The Hall–Kier alpha value is -0.316. The van der Waals surface area contributed by atoms with Gasteiger partial charge in [0.15, 0.2) is 0 Å². The average molecular weight is 304 g/mol. The molecule has 2 rings (SSSR count). The molecular formula is C14H14Cl2V. The maximum absolute atomic E-state index is 5.38. The minimum Gasteiger partial charge on any atom is -1.00 e. The Labute approximate surface area is 123 Å². The van der Waals surface area contributed by atoms with Crippen molar-refractivity contribution in [3.63, 3.8) is 0 Å². The first-order chi connectivity index (χ1) is 7.31. The summed E-state index contributed by atoms with van der Waals surface area (Å²) in [6.07, 6.45) is 17.5. The maximum atomic E-state index is 5.38. The smallest absolute Gasteiger partial charge is 1.00 e. The zero-order valence-electron chi connectivity index (χ0n) is 9.71. The van der Waals surface area contributed by atoms with Crippen molar-refractivity contribution >= 4 is 0 Å². The molecule has 0 aromatic rings. The third-order valence-corrected chi connectivity index (χ3v) is 5.07. The van der Waals surface area contributed by atoms with Gasteiger partial charge in [0.05, 0.1) is 0 Å². The number of hydrogen-bond donors (Lipinski definition) is 0. The topological polar surface area (TPSA) is 0 Å². The summed E-state index contributed by atoms with van der Waals surface area (Å²) < 4.78 is 3.18. The molecule has 0 spiro atoms. The van der Waals surface area contributed by atoms with Crippen molar-refractivity contribution in [1.82, 2.24) is 0 Å². The Bertz CT molecular complexity index is 434. The largest absolute Gasteiger partial charge is 1.00 e. The summed E-state index contributed by atoms with van der Waals surface area (Å²) >= 11 is 0.194. The van der Waals surface area contributed by atoms with E-state index >= 15 is 0 Å². The van der Waals surface area contributed by atoms with Crippen LogP contribution in [0.3, 0.4) is 0 Å². The standard InChI is InChI=1S/C8H7.C6H7.2ClH.V/c1-2-5-8-6-3-4-7-8;1-6-4-2-3-5-6;;;/h1,3-4H,5-6H2;2,4H,3H2,1H3;2*1H;/q;;;;+2/p-2. The first-order valence-electron chi connectivity index (χ1n) is 5.21. The second kappa shape index (κ2) is 7.90. The number of terminal acetylenes is 1. The Morgan fingerprint density at radius 2 is 1.94 bits per heavy atom. The molecule has 0 bridgehead atoms. The van der Waals surface area contributed by atoms with Gasteiger partial charge in [-0.3, -0.25) is 0 Å². The van der Waals surface area contributed by atoms with Crippen molar-refractivity contribution in [2.45, 2.75) is 26.2 Å². The van der Waals surface area contributed by atoms with Crippen molar-refractivity contribution in [3.8, 4) is 12.3 Å². The Morgan fingerprint density at radius 3 is 2.53 bits per heavy atom. The van der Waals surface area contributed by atoms with E-state index in [-0.39, 0.29) is 41.1 Å². The van der Waals surface area contributed by atoms with Gasteiger partial charge in [0, 0.05) is 0 Å². The Morgan fingerprint density at radius 1 is 1.24 bits per heavy atom. The molecular weight excluding hydrogens is 290 g/mol. The predicted molar refractivity (Wildman–Crippen MR) is 60.7 cm³/mol. The normalized spacial score (nSPS) is 16.5. The van der Waals surface area contributed by atoms with Crippen molar-refractivity contribution in [1.29, 1.82) is 0 Å². The van der Waals surface area contributed by atoms with Crippen LogP contribution in [-0.2, 0) is 16.3 Å². The third-order valence-electron chi connectivity index (χ3n) is 2.71. The summed E-state index contributed by atoms with van der Waals surface area (Å²) in [7, 11) is 0. The number of allylic oxidation sites excluding steroid dienone is 8. The monoisotopic (exact) mass is 303 g/mol. The van der Waals surface area contributed by atoms with Crippen molar-refractivity contribution < 1.29 is 41.1 Å². The number of halogens is 2. The van der Waals surface area contributed by atoms with E-state index in [9.17, 15) is 0 Å². The molecule has 0 radical (unpaired) electrons. The van der Waals surface area contributed by atoms with E-state index in [1.54, 1.807) is 8.57 Å². The van der Waals surface area contributed by atoms with Gasteiger partial charge in [0.1, 0.15) is 0 Å². The molecule has 0 atom stereocenters. The summed E-state index contributed by atoms with van der Waals surface area (Å²) in [5, 5.41) is 0. The van der Waals surface area contributed by atoms with Crippen molar-refractivity contribution in [2.75, 3.05) is 0 Å². The molecule has 17 heavy (non-hydrogen) atoms. The van der Waals surface area contributed by atoms with Gasteiger partial charge in [-0.25, -0.2) is 0 Å². The van der Waals surface area contributed by atoms with Crippen molar-refractivity contribution in [2.24, 2.45) is 0 Å². The molecule has 2 aliphatic carbocycles. The molecule has 89 valence electrons. The van der Waals surface area contributed by atoms with Crippen LogP contribution in [0, 0.1) is 12.3 Å². The SMILES string of the molecule is C#CCC1=[C]([V+2][C]2=C(C)C=CC2)C=CC1.[Cl-].[Cl-]. The summed E-state index contributed by atoms with van der Waals surface area (Å²) in [5.41, 5.74) is 2.95. The predicted octanol–water partition coefficient (Wildman–Crippen LogP) is -2.45. The Kier molecular flexibility index (Phi) is 7.76. The van der Waals surface area contributed by atoms with Crippen LogP contribution in [0.5, 0.6) is 0 Å². The van der Waals surface area contributed by atoms with E-state index in [4.69, 9.17) is 6.42 Å². The van der Waals surface area contributed by atoms with Crippen LogP contribution in [0.15, 0.2) is 44.0 Å². The summed E-state index contributed by atoms with van der Waals surface area (Å²) in [5.74, 6) is 2.76. The van der Waals surface area contributed by atoms with E-state index in [1.807, 2.05) is 0 Å². The van der Waals surface area contributed by atoms with E-state index in [1.165, 1.54) is 11.1 Å². The van der Waals surface area contributed by atoms with Gasteiger partial charge < -0.3 is 24.8 Å². The van der Waals surface area contributed by atoms with E-state index in [0.717, 1.165) is 19.3 Å². The van der Waals surface area contributed by atoms with Gasteiger partial charge in [-0.15, -0.1) is 0 Å². The second-order valence-corrected chi connectivity index (χ2v) is 5.77. The van der Waals surface area contributed by atoms with Gasteiger partial charge >= 0.3 is 98.8 Å². The molecule has 3 heteroatoms. The fourth-order valence-electron chi connectivity index (χ4n) is 1.82. The molecule has 0 nitrogen and oxygen atoms in total. The van der Waals surface area contributed by atoms with Gasteiger partial charge in [-0.05, 0) is 0 Å². The molecule has 0 saturated carbocycles. The summed E-state index contributed by atoms with van der Waals surface area (Å²) in [4.78, 5) is 0. The summed E-state index contributed by atoms with van der Waals surface area (Å²) in [6, 6.07) is 0. The van der Waals surface area contributed by atoms with Crippen LogP contribution in [0.2, 0.25) is 0 Å². The van der Waals surface area contributed by atoms with Crippen LogP contribution >= 0.6 is 0 Å². The zero-order chi connectivity index (χ0) is 10.7. The van der Waals surface area contributed by atoms with E-state index < -0.39 is 0 Å². The van der Waals surface area contributed by atoms with Crippen LogP contribution < -0.4 is 24.8 Å². The van der Waals surface area contributed by atoms with Crippen LogP contribution in [0.1, 0.15) is 26.2 Å². The maximum Gasteiger partial charge on any atom is -1.00 e. The van der Waals surface area contributed by atoms with Gasteiger partial charge in [-0.1, -0.05) is 0 Å². The molecule has 0 N–H and O–H groups in total. The van der Waals surface area contributed by atoms with Crippen LogP contribution in [0.25, 0.3) is 0 Å². The van der Waals surface area contributed by atoms with Crippen molar-refractivity contribution in [3.05, 3.63) is 44.0 Å². The molecule has 0 aliphatic heterocycles. The summed E-state index contributed by atoms with van der Waals surface area (Å²) in [6.45, 7) is 2.22. The first-order valence-corrected chi connectivity index (χ1v) is 6.61.